The summed E-state index contributed by atoms with van der Waals surface area (Å²) in [5, 5.41) is 0.394. The van der Waals surface area contributed by atoms with E-state index < -0.39 is 19.3 Å². The van der Waals surface area contributed by atoms with Crippen LogP contribution in [0.4, 0.5) is 13.2 Å². The monoisotopic (exact) mass is 440 g/mol. The van der Waals surface area contributed by atoms with E-state index in [-0.39, 0.29) is 17.8 Å². The Morgan fingerprint density at radius 3 is 2.20 bits per heavy atom. The number of alkyl halides is 3. The predicted octanol–water partition coefficient (Wildman–Crippen LogP) is 7.08. The molecule has 30 heavy (non-hydrogen) atoms. The predicted molar refractivity (Wildman–Crippen MR) is 112 cm³/mol. The van der Waals surface area contributed by atoms with Gasteiger partial charge in [0.2, 0.25) is 0 Å². The molecule has 0 bridgehead atoms. The Morgan fingerprint density at radius 2 is 1.63 bits per heavy atom. The second-order valence-corrected chi connectivity index (χ2v) is 10.3. The Labute approximate surface area is 176 Å². The molecule has 164 valence electrons. The third-order valence-corrected chi connectivity index (χ3v) is 7.65. The highest BCUT2D eigenvalue weighted by atomic mass is 31.2. The van der Waals surface area contributed by atoms with Crippen LogP contribution in [0.1, 0.15) is 45.6 Å². The molecule has 1 fully saturated rings. The van der Waals surface area contributed by atoms with Gasteiger partial charge < -0.3 is 4.52 Å². The molecule has 2 aromatic rings. The Kier molecular flexibility index (Phi) is 6.98. The molecule has 4 atom stereocenters. The molecule has 0 spiro atoms. The number of halogens is 3. The van der Waals surface area contributed by atoms with Gasteiger partial charge in [-0.05, 0) is 67.0 Å². The fraction of sp³-hybridized carbons (Fsp3) is 0.478. The highest BCUT2D eigenvalue weighted by Gasteiger charge is 2.40. The molecule has 1 aliphatic rings. The lowest BCUT2D eigenvalue weighted by Gasteiger charge is -2.38. The van der Waals surface area contributed by atoms with Crippen LogP contribution in [0.2, 0.25) is 0 Å². The minimum Gasteiger partial charge on any atom is -0.421 e. The third-order valence-electron chi connectivity index (χ3n) is 5.72. The first-order chi connectivity index (χ1) is 14.1. The number of rotatable bonds is 6. The summed E-state index contributed by atoms with van der Waals surface area (Å²) in [6.07, 6.45) is -1.83. The van der Waals surface area contributed by atoms with E-state index in [2.05, 4.69) is 20.8 Å². The van der Waals surface area contributed by atoms with Crippen LogP contribution in [0, 0.1) is 17.8 Å². The van der Waals surface area contributed by atoms with E-state index in [9.17, 15) is 17.7 Å². The van der Waals surface area contributed by atoms with Crippen molar-refractivity contribution in [3.63, 3.8) is 0 Å². The van der Waals surface area contributed by atoms with Gasteiger partial charge in [0.1, 0.15) is 5.75 Å². The summed E-state index contributed by atoms with van der Waals surface area (Å²) in [6.45, 7) is 6.40. The van der Waals surface area contributed by atoms with Gasteiger partial charge in [-0.3, -0.25) is 4.52 Å². The van der Waals surface area contributed by atoms with Crippen LogP contribution in [0.15, 0.2) is 54.6 Å². The molecule has 1 unspecified atom stereocenters. The molecular formula is C23H28F3O3P. The maximum absolute atomic E-state index is 13.9. The van der Waals surface area contributed by atoms with Crippen LogP contribution < -0.4 is 9.83 Å². The van der Waals surface area contributed by atoms with Crippen molar-refractivity contribution in [3.8, 4) is 5.75 Å². The molecular weight excluding hydrogens is 412 g/mol. The van der Waals surface area contributed by atoms with Crippen molar-refractivity contribution in [2.75, 3.05) is 0 Å². The highest BCUT2D eigenvalue weighted by Crippen LogP contribution is 2.52. The van der Waals surface area contributed by atoms with E-state index in [1.165, 1.54) is 12.1 Å². The molecule has 0 radical (unpaired) electrons. The van der Waals surface area contributed by atoms with Gasteiger partial charge in [-0.15, -0.1) is 0 Å². The average Bonchev–Trinajstić information content (AvgIpc) is 2.68. The molecule has 2 aromatic carbocycles. The molecule has 0 aliphatic heterocycles. The molecule has 1 saturated carbocycles. The molecule has 0 N–H and O–H groups in total. The molecule has 3 rings (SSSR count). The summed E-state index contributed by atoms with van der Waals surface area (Å²) in [5.41, 5.74) is -0.786. The highest BCUT2D eigenvalue weighted by molar-refractivity contribution is 7.62. The van der Waals surface area contributed by atoms with Gasteiger partial charge in [0.15, 0.2) is 0 Å². The van der Waals surface area contributed by atoms with E-state index in [0.29, 0.717) is 17.1 Å². The van der Waals surface area contributed by atoms with E-state index >= 15 is 0 Å². The van der Waals surface area contributed by atoms with Crippen molar-refractivity contribution >= 4 is 12.9 Å². The molecule has 0 aromatic heterocycles. The molecule has 0 saturated heterocycles. The van der Waals surface area contributed by atoms with Crippen molar-refractivity contribution in [2.45, 2.75) is 52.3 Å². The number of hydrogen-bond acceptors (Lipinski definition) is 3. The Bertz CT molecular complexity index is 866. The van der Waals surface area contributed by atoms with Crippen LogP contribution in [0.3, 0.4) is 0 Å². The Hall–Kier alpha value is -1.78. The normalized spacial score (nSPS) is 24.4. The van der Waals surface area contributed by atoms with E-state index in [1.54, 1.807) is 30.3 Å². The third kappa shape index (κ3) is 5.47. The number of hydrogen-bond donors (Lipinski definition) is 0. The van der Waals surface area contributed by atoms with Crippen LogP contribution in [0.5, 0.6) is 5.75 Å². The van der Waals surface area contributed by atoms with Gasteiger partial charge in [-0.2, -0.15) is 13.2 Å². The lowest BCUT2D eigenvalue weighted by Crippen LogP contribution is -2.35. The summed E-state index contributed by atoms with van der Waals surface area (Å²) in [7, 11) is -3.80. The van der Waals surface area contributed by atoms with Crippen LogP contribution in [-0.2, 0) is 15.3 Å². The Balaban J connectivity index is 1.91. The second-order valence-electron chi connectivity index (χ2n) is 8.42. The zero-order chi connectivity index (χ0) is 21.9. The average molecular weight is 440 g/mol. The van der Waals surface area contributed by atoms with Gasteiger partial charge in [-0.1, -0.05) is 45.4 Å². The minimum atomic E-state index is -4.44. The van der Waals surface area contributed by atoms with E-state index in [4.69, 9.17) is 9.05 Å². The van der Waals surface area contributed by atoms with Crippen molar-refractivity contribution in [2.24, 2.45) is 17.8 Å². The van der Waals surface area contributed by atoms with Crippen molar-refractivity contribution in [1.29, 1.82) is 0 Å². The first-order valence-electron chi connectivity index (χ1n) is 10.3. The fourth-order valence-electron chi connectivity index (χ4n) is 4.00. The topological polar surface area (TPSA) is 35.5 Å². The lowest BCUT2D eigenvalue weighted by atomic mass is 9.75. The van der Waals surface area contributed by atoms with Gasteiger partial charge >= 0.3 is 13.8 Å². The van der Waals surface area contributed by atoms with E-state index in [0.717, 1.165) is 31.4 Å². The van der Waals surface area contributed by atoms with Gasteiger partial charge in [0.25, 0.3) is 0 Å². The number of benzene rings is 2. The summed E-state index contributed by atoms with van der Waals surface area (Å²) < 4.78 is 64.6. The lowest BCUT2D eigenvalue weighted by molar-refractivity contribution is -0.137. The van der Waals surface area contributed by atoms with Gasteiger partial charge in [0, 0.05) is 0 Å². The van der Waals surface area contributed by atoms with Crippen LogP contribution in [0.25, 0.3) is 0 Å². The quantitative estimate of drug-likeness (QED) is 0.450. The Morgan fingerprint density at radius 1 is 1.00 bits per heavy atom. The standard InChI is InChI=1S/C23H28F3O3P/c1-16(2)21-14-9-17(3)15-22(21)29-30(27,20-7-5-4-6-8-20)28-19-12-10-18(11-13-19)23(24,25)26/h4-8,10-13,16-17,21-22H,9,14-15H2,1-3H3/t17-,21+,22-,30?/m1/s1. The molecule has 1 aliphatic carbocycles. The van der Waals surface area contributed by atoms with Crippen molar-refractivity contribution in [1.82, 2.24) is 0 Å². The second kappa shape index (κ2) is 9.15. The smallest absolute Gasteiger partial charge is 0.416 e. The first-order valence-corrected chi connectivity index (χ1v) is 11.8. The largest absolute Gasteiger partial charge is 0.421 e. The van der Waals surface area contributed by atoms with Crippen LogP contribution >= 0.6 is 7.60 Å². The summed E-state index contributed by atoms with van der Waals surface area (Å²) in [5.74, 6) is 1.13. The van der Waals surface area contributed by atoms with E-state index in [1.807, 2.05) is 0 Å². The molecule has 7 heteroatoms. The first kappa shape index (κ1) is 22.9. The zero-order valence-electron chi connectivity index (χ0n) is 17.4. The summed E-state index contributed by atoms with van der Waals surface area (Å²) >= 11 is 0. The van der Waals surface area contributed by atoms with Crippen molar-refractivity contribution in [3.05, 3.63) is 60.2 Å². The van der Waals surface area contributed by atoms with Gasteiger partial charge in [-0.25, -0.2) is 4.57 Å². The maximum Gasteiger partial charge on any atom is 0.416 e. The summed E-state index contributed by atoms with van der Waals surface area (Å²) in [4.78, 5) is 0. The SMILES string of the molecule is CC(C)[C@@H]1CC[C@@H](C)C[C@H]1OP(=O)(Oc1ccc(C(F)(F)F)cc1)c1ccccc1. The zero-order valence-corrected chi connectivity index (χ0v) is 18.3. The molecule has 0 amide bonds. The minimum absolute atomic E-state index is 0.0835. The van der Waals surface area contributed by atoms with Crippen molar-refractivity contribution < 1.29 is 26.8 Å². The van der Waals surface area contributed by atoms with Crippen LogP contribution in [-0.4, -0.2) is 6.10 Å². The summed E-state index contributed by atoms with van der Waals surface area (Å²) in [6, 6.07) is 12.8. The molecule has 0 heterocycles. The fourth-order valence-corrected chi connectivity index (χ4v) is 5.81. The molecule has 3 nitrogen and oxygen atoms in total. The maximum atomic E-state index is 13.9. The van der Waals surface area contributed by atoms with Gasteiger partial charge in [0.05, 0.1) is 17.0 Å².